The first-order valence-corrected chi connectivity index (χ1v) is 8.07. The smallest absolute Gasteiger partial charge is 0.255 e. The van der Waals surface area contributed by atoms with Crippen molar-refractivity contribution < 1.29 is 4.79 Å². The van der Waals surface area contributed by atoms with Gasteiger partial charge in [-0.3, -0.25) is 4.79 Å². The third-order valence-electron chi connectivity index (χ3n) is 3.23. The van der Waals surface area contributed by atoms with Gasteiger partial charge < -0.3 is 10.2 Å². The number of hydrogen-bond donors (Lipinski definition) is 1. The highest BCUT2D eigenvalue weighted by molar-refractivity contribution is 7.98. The topological polar surface area (TPSA) is 32.3 Å². The molecule has 0 saturated carbocycles. The molecule has 1 aliphatic rings. The van der Waals surface area contributed by atoms with E-state index in [1.165, 1.54) is 11.8 Å². The lowest BCUT2D eigenvalue weighted by atomic mass is 10.1. The van der Waals surface area contributed by atoms with Gasteiger partial charge in [-0.25, -0.2) is 0 Å². The summed E-state index contributed by atoms with van der Waals surface area (Å²) in [5, 5.41) is 4.27. The van der Waals surface area contributed by atoms with E-state index in [0.717, 1.165) is 18.0 Å². The van der Waals surface area contributed by atoms with Crippen molar-refractivity contribution in [3.05, 3.63) is 27.7 Å². The fraction of sp³-hybridized carbons (Fsp3) is 0.462. The van der Waals surface area contributed by atoms with E-state index in [9.17, 15) is 4.79 Å². The summed E-state index contributed by atoms with van der Waals surface area (Å²) in [5.41, 5.74) is 0.532. The molecular weight excluding hydrogens is 339 g/mol. The van der Waals surface area contributed by atoms with Crippen molar-refractivity contribution in [1.29, 1.82) is 0 Å². The van der Waals surface area contributed by atoms with Gasteiger partial charge in [-0.05, 0) is 25.3 Å². The number of rotatable bonds is 2. The Morgan fingerprint density at radius 1 is 1.40 bits per heavy atom. The standard InChI is InChI=1S/C13H16Cl2N2OS.ClH/c1-8-7-16-3-4-17(8)13(18)9-5-12(19-2)11(15)6-10(9)14;/h5-6,8,16H,3-4,7H2,1-2H3;1H. The monoisotopic (exact) mass is 354 g/mol. The van der Waals surface area contributed by atoms with Crippen molar-refractivity contribution >= 4 is 53.3 Å². The zero-order valence-electron chi connectivity index (χ0n) is 11.3. The van der Waals surface area contributed by atoms with Crippen molar-refractivity contribution in [1.82, 2.24) is 10.2 Å². The summed E-state index contributed by atoms with van der Waals surface area (Å²) in [7, 11) is 0. The van der Waals surface area contributed by atoms with E-state index in [1.807, 2.05) is 18.1 Å². The molecule has 112 valence electrons. The molecule has 0 aromatic heterocycles. The predicted octanol–water partition coefficient (Wildman–Crippen LogP) is 3.57. The first-order chi connectivity index (χ1) is 9.04. The highest BCUT2D eigenvalue weighted by atomic mass is 35.5. The van der Waals surface area contributed by atoms with Crippen LogP contribution in [0.5, 0.6) is 0 Å². The molecule has 1 N–H and O–H groups in total. The number of hydrogen-bond acceptors (Lipinski definition) is 3. The number of benzene rings is 1. The molecule has 0 radical (unpaired) electrons. The Bertz CT molecular complexity index is 499. The lowest BCUT2D eigenvalue weighted by molar-refractivity contribution is 0.0655. The van der Waals surface area contributed by atoms with E-state index >= 15 is 0 Å². The second-order valence-corrected chi connectivity index (χ2v) is 6.18. The van der Waals surface area contributed by atoms with Gasteiger partial charge in [-0.1, -0.05) is 23.2 Å². The molecule has 1 unspecified atom stereocenters. The zero-order valence-corrected chi connectivity index (χ0v) is 14.4. The predicted molar refractivity (Wildman–Crippen MR) is 88.9 cm³/mol. The molecule has 1 saturated heterocycles. The van der Waals surface area contributed by atoms with Gasteiger partial charge in [0, 0.05) is 30.6 Å². The van der Waals surface area contributed by atoms with Crippen molar-refractivity contribution in [2.75, 3.05) is 25.9 Å². The maximum Gasteiger partial charge on any atom is 0.255 e. The molecule has 1 atom stereocenters. The fourth-order valence-corrected chi connectivity index (χ4v) is 3.33. The summed E-state index contributed by atoms with van der Waals surface area (Å²) >= 11 is 13.8. The average molecular weight is 356 g/mol. The van der Waals surface area contributed by atoms with Crippen LogP contribution < -0.4 is 5.32 Å². The van der Waals surface area contributed by atoms with Crippen LogP contribution in [0.1, 0.15) is 17.3 Å². The van der Waals surface area contributed by atoms with Crippen LogP contribution in [0.3, 0.4) is 0 Å². The second kappa shape index (κ2) is 7.76. The molecule has 1 heterocycles. The number of carbonyl (C=O) groups excluding carboxylic acids is 1. The van der Waals surface area contributed by atoms with Crippen LogP contribution in [-0.2, 0) is 0 Å². The number of carbonyl (C=O) groups is 1. The normalized spacial score (nSPS) is 18.6. The molecular formula is C13H17Cl3N2OS. The first kappa shape index (κ1) is 17.9. The van der Waals surface area contributed by atoms with Crippen LogP contribution in [0, 0.1) is 0 Å². The third-order valence-corrected chi connectivity index (χ3v) is 4.75. The molecule has 3 nitrogen and oxygen atoms in total. The van der Waals surface area contributed by atoms with Crippen LogP contribution in [0.25, 0.3) is 0 Å². The molecule has 1 aromatic rings. The minimum absolute atomic E-state index is 0. The molecule has 1 aromatic carbocycles. The Balaban J connectivity index is 0.00000200. The molecule has 1 aliphatic heterocycles. The SMILES string of the molecule is CSc1cc(C(=O)N2CCNCC2C)c(Cl)cc1Cl.Cl. The van der Waals surface area contributed by atoms with E-state index in [-0.39, 0.29) is 24.4 Å². The molecule has 0 bridgehead atoms. The van der Waals surface area contributed by atoms with Crippen LogP contribution in [0.4, 0.5) is 0 Å². The zero-order chi connectivity index (χ0) is 14.0. The number of nitrogens with zero attached hydrogens (tertiary/aromatic N) is 1. The largest absolute Gasteiger partial charge is 0.333 e. The average Bonchev–Trinajstić information content (AvgIpc) is 2.39. The lowest BCUT2D eigenvalue weighted by Gasteiger charge is -2.34. The molecule has 20 heavy (non-hydrogen) atoms. The maximum absolute atomic E-state index is 12.6. The molecule has 0 spiro atoms. The van der Waals surface area contributed by atoms with E-state index in [1.54, 1.807) is 12.1 Å². The van der Waals surface area contributed by atoms with E-state index in [0.29, 0.717) is 22.2 Å². The first-order valence-electron chi connectivity index (χ1n) is 6.09. The van der Waals surface area contributed by atoms with Gasteiger partial charge in [0.25, 0.3) is 5.91 Å². The number of thioether (sulfide) groups is 1. The summed E-state index contributed by atoms with van der Waals surface area (Å²) in [6, 6.07) is 3.60. The Morgan fingerprint density at radius 2 is 2.10 bits per heavy atom. The second-order valence-electron chi connectivity index (χ2n) is 4.52. The number of piperazine rings is 1. The highest BCUT2D eigenvalue weighted by Crippen LogP contribution is 2.32. The van der Waals surface area contributed by atoms with Crippen molar-refractivity contribution in [2.24, 2.45) is 0 Å². The van der Waals surface area contributed by atoms with Crippen LogP contribution in [-0.4, -0.2) is 42.7 Å². The minimum Gasteiger partial charge on any atom is -0.333 e. The highest BCUT2D eigenvalue weighted by Gasteiger charge is 2.26. The van der Waals surface area contributed by atoms with E-state index in [2.05, 4.69) is 5.32 Å². The fourth-order valence-electron chi connectivity index (χ4n) is 2.15. The quantitative estimate of drug-likeness (QED) is 0.823. The lowest BCUT2D eigenvalue weighted by Crippen LogP contribution is -2.52. The van der Waals surface area contributed by atoms with Crippen LogP contribution >= 0.6 is 47.4 Å². The van der Waals surface area contributed by atoms with Crippen molar-refractivity contribution in [2.45, 2.75) is 17.9 Å². The molecule has 2 rings (SSSR count). The molecule has 7 heteroatoms. The van der Waals surface area contributed by atoms with Gasteiger partial charge in [-0.15, -0.1) is 24.2 Å². The van der Waals surface area contributed by atoms with E-state index in [4.69, 9.17) is 23.2 Å². The van der Waals surface area contributed by atoms with Crippen molar-refractivity contribution in [3.63, 3.8) is 0 Å². The molecule has 1 fully saturated rings. The minimum atomic E-state index is -0.0223. The van der Waals surface area contributed by atoms with Crippen LogP contribution in [0.15, 0.2) is 17.0 Å². The van der Waals surface area contributed by atoms with Gasteiger partial charge in [-0.2, -0.15) is 0 Å². The number of amides is 1. The van der Waals surface area contributed by atoms with Crippen LogP contribution in [0.2, 0.25) is 10.0 Å². The summed E-state index contributed by atoms with van der Waals surface area (Å²) in [6.07, 6.45) is 1.93. The number of halogens is 3. The Kier molecular flexibility index (Phi) is 6.95. The summed E-state index contributed by atoms with van der Waals surface area (Å²) in [6.45, 7) is 4.36. The molecule has 1 amide bonds. The van der Waals surface area contributed by atoms with Gasteiger partial charge in [0.1, 0.15) is 0 Å². The molecule has 0 aliphatic carbocycles. The van der Waals surface area contributed by atoms with Crippen molar-refractivity contribution in [3.8, 4) is 0 Å². The summed E-state index contributed by atoms with van der Waals surface area (Å²) in [4.78, 5) is 15.3. The Morgan fingerprint density at radius 3 is 2.70 bits per heavy atom. The van der Waals surface area contributed by atoms with Gasteiger partial charge in [0.15, 0.2) is 0 Å². The Labute approximate surface area is 139 Å². The Hall–Kier alpha value is -0.130. The summed E-state index contributed by atoms with van der Waals surface area (Å²) < 4.78 is 0. The van der Waals surface area contributed by atoms with Gasteiger partial charge in [0.2, 0.25) is 0 Å². The van der Waals surface area contributed by atoms with E-state index < -0.39 is 0 Å². The number of nitrogens with one attached hydrogen (secondary N) is 1. The van der Waals surface area contributed by atoms with Gasteiger partial charge in [0.05, 0.1) is 15.6 Å². The van der Waals surface area contributed by atoms with Gasteiger partial charge >= 0.3 is 0 Å². The summed E-state index contributed by atoms with van der Waals surface area (Å²) in [5.74, 6) is -0.0223. The maximum atomic E-state index is 12.6. The third kappa shape index (κ3) is 3.74.